The van der Waals surface area contributed by atoms with E-state index in [2.05, 4.69) is 5.32 Å². The van der Waals surface area contributed by atoms with E-state index in [0.29, 0.717) is 24.7 Å². The topological polar surface area (TPSA) is 50.8 Å². The van der Waals surface area contributed by atoms with Crippen molar-refractivity contribution in [1.29, 1.82) is 0 Å². The number of hydrogen-bond donors (Lipinski definition) is 1. The molecule has 2 heterocycles. The molecule has 2 spiro atoms. The molecule has 3 saturated carbocycles. The Bertz CT molecular complexity index is 525. The molecule has 0 aromatic rings. The van der Waals surface area contributed by atoms with Gasteiger partial charge in [0.2, 0.25) is 0 Å². The number of amides is 2. The van der Waals surface area contributed by atoms with Crippen LogP contribution in [-0.4, -0.2) is 55.0 Å². The number of carbonyl (C=O) groups is 1. The van der Waals surface area contributed by atoms with Crippen molar-refractivity contribution in [3.8, 4) is 0 Å². The van der Waals surface area contributed by atoms with Crippen LogP contribution < -0.4 is 5.32 Å². The van der Waals surface area contributed by atoms with Crippen LogP contribution in [0.5, 0.6) is 0 Å². The van der Waals surface area contributed by atoms with Crippen LogP contribution in [-0.2, 0) is 9.47 Å². The van der Waals surface area contributed by atoms with Crippen molar-refractivity contribution < 1.29 is 14.3 Å². The van der Waals surface area contributed by atoms with E-state index in [9.17, 15) is 4.79 Å². The molecule has 3 unspecified atom stereocenters. The summed E-state index contributed by atoms with van der Waals surface area (Å²) < 4.78 is 12.2. The average Bonchev–Trinajstić information content (AvgIpc) is 2.87. The second-order valence-electron chi connectivity index (χ2n) is 9.13. The van der Waals surface area contributed by atoms with E-state index >= 15 is 0 Å². The molecule has 3 aliphatic carbocycles. The third kappa shape index (κ3) is 2.53. The molecule has 2 amide bonds. The lowest BCUT2D eigenvalue weighted by molar-refractivity contribution is -0.173. The first-order chi connectivity index (χ1) is 12.2. The summed E-state index contributed by atoms with van der Waals surface area (Å²) in [5.41, 5.74) is 0.196. The van der Waals surface area contributed by atoms with E-state index in [1.807, 2.05) is 4.90 Å². The molecule has 140 valence electrons. The highest BCUT2D eigenvalue weighted by Gasteiger charge is 2.67. The SMILES string of the molecule is O=C(NC1C2CCOC2C12CCC2)N1CCOC2(CCCCCC2)C1. The van der Waals surface area contributed by atoms with E-state index in [0.717, 1.165) is 39.0 Å². The summed E-state index contributed by atoms with van der Waals surface area (Å²) in [6, 6.07) is 0.489. The normalized spacial score (nSPS) is 38.6. The van der Waals surface area contributed by atoms with Gasteiger partial charge in [0, 0.05) is 30.5 Å². The van der Waals surface area contributed by atoms with Crippen LogP contribution in [0, 0.1) is 11.3 Å². The zero-order chi connectivity index (χ0) is 16.9. The van der Waals surface area contributed by atoms with Gasteiger partial charge in [-0.15, -0.1) is 0 Å². The number of carbonyl (C=O) groups excluding carboxylic acids is 1. The second-order valence-corrected chi connectivity index (χ2v) is 9.13. The predicted molar refractivity (Wildman–Crippen MR) is 94.4 cm³/mol. The highest BCUT2D eigenvalue weighted by atomic mass is 16.5. The van der Waals surface area contributed by atoms with Gasteiger partial charge in [0.1, 0.15) is 0 Å². The van der Waals surface area contributed by atoms with Gasteiger partial charge in [0.15, 0.2) is 0 Å². The molecule has 3 atom stereocenters. The van der Waals surface area contributed by atoms with Crippen LogP contribution in [0.15, 0.2) is 0 Å². The van der Waals surface area contributed by atoms with Crippen LogP contribution in [0.3, 0.4) is 0 Å². The van der Waals surface area contributed by atoms with Gasteiger partial charge in [-0.1, -0.05) is 32.1 Å². The van der Waals surface area contributed by atoms with Crippen LogP contribution in [0.1, 0.15) is 64.2 Å². The molecular formula is C20H32N2O3. The first-order valence-electron chi connectivity index (χ1n) is 10.5. The van der Waals surface area contributed by atoms with Crippen LogP contribution in [0.4, 0.5) is 4.79 Å². The van der Waals surface area contributed by atoms with Crippen molar-refractivity contribution in [2.75, 3.05) is 26.3 Å². The standard InChI is InChI=1S/C20H32N2O3/c23-18(21-16-15-6-12-24-17(15)20(16)9-5-10-20)22-11-13-25-19(14-22)7-3-1-2-4-8-19/h15-17H,1-14H2,(H,21,23). The van der Waals surface area contributed by atoms with E-state index in [1.54, 1.807) is 0 Å². The van der Waals surface area contributed by atoms with Crippen molar-refractivity contribution in [3.05, 3.63) is 0 Å². The summed E-state index contributed by atoms with van der Waals surface area (Å²) in [5, 5.41) is 3.44. The highest BCUT2D eigenvalue weighted by Crippen LogP contribution is 2.62. The summed E-state index contributed by atoms with van der Waals surface area (Å²) in [4.78, 5) is 15.1. The van der Waals surface area contributed by atoms with Crippen molar-refractivity contribution in [3.63, 3.8) is 0 Å². The number of hydrogen-bond acceptors (Lipinski definition) is 3. The third-order valence-corrected chi connectivity index (χ3v) is 7.87. The Morgan fingerprint density at radius 2 is 1.80 bits per heavy atom. The minimum Gasteiger partial charge on any atom is -0.377 e. The highest BCUT2D eigenvalue weighted by molar-refractivity contribution is 5.75. The second kappa shape index (κ2) is 6.12. The number of nitrogens with one attached hydrogen (secondary N) is 1. The van der Waals surface area contributed by atoms with Gasteiger partial charge in [-0.05, 0) is 32.1 Å². The number of urea groups is 1. The largest absolute Gasteiger partial charge is 0.377 e. The fraction of sp³-hybridized carbons (Fsp3) is 0.950. The number of ether oxygens (including phenoxy) is 2. The van der Waals surface area contributed by atoms with Gasteiger partial charge >= 0.3 is 6.03 Å². The van der Waals surface area contributed by atoms with Crippen LogP contribution in [0.25, 0.3) is 0 Å². The molecule has 0 radical (unpaired) electrons. The first-order valence-corrected chi connectivity index (χ1v) is 10.5. The Morgan fingerprint density at radius 1 is 1.00 bits per heavy atom. The van der Waals surface area contributed by atoms with Gasteiger partial charge in [-0.2, -0.15) is 0 Å². The fourth-order valence-corrected chi connectivity index (χ4v) is 6.37. The zero-order valence-electron chi connectivity index (χ0n) is 15.3. The maximum Gasteiger partial charge on any atom is 0.317 e. The first kappa shape index (κ1) is 16.4. The molecule has 5 rings (SSSR count). The Morgan fingerprint density at radius 3 is 2.52 bits per heavy atom. The molecule has 2 saturated heterocycles. The molecule has 0 aromatic heterocycles. The molecule has 5 heteroatoms. The maximum atomic E-state index is 13.0. The predicted octanol–water partition coefficient (Wildman–Crippen LogP) is 3.08. The van der Waals surface area contributed by atoms with Crippen LogP contribution in [0.2, 0.25) is 0 Å². The molecule has 2 aliphatic heterocycles. The Hall–Kier alpha value is -0.810. The number of fused-ring (bicyclic) bond motifs is 2. The third-order valence-electron chi connectivity index (χ3n) is 7.87. The summed E-state index contributed by atoms with van der Waals surface area (Å²) in [6.45, 7) is 3.09. The van der Waals surface area contributed by atoms with Crippen LogP contribution >= 0.6 is 0 Å². The molecule has 25 heavy (non-hydrogen) atoms. The van der Waals surface area contributed by atoms with Gasteiger partial charge in [-0.3, -0.25) is 0 Å². The summed E-state index contributed by atoms with van der Waals surface area (Å²) >= 11 is 0. The summed E-state index contributed by atoms with van der Waals surface area (Å²) in [7, 11) is 0. The molecule has 5 nitrogen and oxygen atoms in total. The number of morpholine rings is 1. The lowest BCUT2D eigenvalue weighted by Crippen LogP contribution is -2.73. The fourth-order valence-electron chi connectivity index (χ4n) is 6.37. The Balaban J connectivity index is 1.25. The minimum absolute atomic E-state index is 0.0706. The van der Waals surface area contributed by atoms with Gasteiger partial charge < -0.3 is 19.7 Å². The summed E-state index contributed by atoms with van der Waals surface area (Å²) in [5.74, 6) is 0.553. The lowest BCUT2D eigenvalue weighted by Gasteiger charge is -2.63. The summed E-state index contributed by atoms with van der Waals surface area (Å²) in [6.07, 6.45) is 12.6. The lowest BCUT2D eigenvalue weighted by atomic mass is 9.46. The maximum absolute atomic E-state index is 13.0. The van der Waals surface area contributed by atoms with E-state index in [1.165, 1.54) is 44.9 Å². The van der Waals surface area contributed by atoms with Crippen molar-refractivity contribution in [2.45, 2.75) is 82.0 Å². The Labute approximate surface area is 150 Å². The van der Waals surface area contributed by atoms with Crippen molar-refractivity contribution in [1.82, 2.24) is 10.2 Å². The van der Waals surface area contributed by atoms with Crippen molar-refractivity contribution >= 4 is 6.03 Å². The molecule has 0 aromatic carbocycles. The van der Waals surface area contributed by atoms with Gasteiger partial charge in [0.05, 0.1) is 24.9 Å². The molecular weight excluding hydrogens is 316 g/mol. The Kier molecular flexibility index (Phi) is 4.01. The van der Waals surface area contributed by atoms with Gasteiger partial charge in [-0.25, -0.2) is 4.79 Å². The quantitative estimate of drug-likeness (QED) is 0.792. The zero-order valence-corrected chi connectivity index (χ0v) is 15.3. The van der Waals surface area contributed by atoms with Gasteiger partial charge in [0.25, 0.3) is 0 Å². The number of nitrogens with zero attached hydrogens (tertiary/aromatic N) is 1. The number of rotatable bonds is 1. The van der Waals surface area contributed by atoms with E-state index in [4.69, 9.17) is 9.47 Å². The monoisotopic (exact) mass is 348 g/mol. The smallest absolute Gasteiger partial charge is 0.317 e. The molecule has 5 aliphatic rings. The molecule has 5 fully saturated rings. The van der Waals surface area contributed by atoms with E-state index in [-0.39, 0.29) is 17.0 Å². The van der Waals surface area contributed by atoms with Crippen molar-refractivity contribution in [2.24, 2.45) is 11.3 Å². The molecule has 1 N–H and O–H groups in total. The van der Waals surface area contributed by atoms with E-state index < -0.39 is 0 Å². The average molecular weight is 348 g/mol. The minimum atomic E-state index is -0.0706. The molecule has 0 bridgehead atoms.